The minimum atomic E-state index is -4.39. The lowest BCUT2D eigenvalue weighted by Crippen LogP contribution is -2.02. The minimum absolute atomic E-state index is 0.0175. The summed E-state index contributed by atoms with van der Waals surface area (Å²) in [5.41, 5.74) is 5.48. The molecule has 0 radical (unpaired) electrons. The molecule has 1 aromatic heterocycles. The third-order valence-electron chi connectivity index (χ3n) is 2.11. The molecule has 0 spiro atoms. The first-order valence-corrected chi connectivity index (χ1v) is 3.91. The standard InChI is InChI=1S/C8H8F3NO/c9-8(10,11)7-2-1-6(13-7)4-3-5(4)12/h1-2,4-5H,3,12H2/t4-,5-/m1/s1. The molecule has 13 heavy (non-hydrogen) atoms. The first-order chi connectivity index (χ1) is 5.98. The van der Waals surface area contributed by atoms with Crippen LogP contribution in [0.3, 0.4) is 0 Å². The molecule has 0 bridgehead atoms. The maximum Gasteiger partial charge on any atom is 0.449 e. The van der Waals surface area contributed by atoms with Gasteiger partial charge in [-0.3, -0.25) is 0 Å². The Morgan fingerprint density at radius 1 is 1.38 bits per heavy atom. The zero-order chi connectivity index (χ0) is 9.64. The molecule has 0 aromatic carbocycles. The van der Waals surface area contributed by atoms with Crippen LogP contribution in [0, 0.1) is 0 Å². The van der Waals surface area contributed by atoms with Crippen LogP contribution in [-0.2, 0) is 6.18 Å². The Balaban J connectivity index is 2.19. The third-order valence-corrected chi connectivity index (χ3v) is 2.11. The monoisotopic (exact) mass is 191 g/mol. The number of nitrogens with two attached hydrogens (primary N) is 1. The van der Waals surface area contributed by atoms with Gasteiger partial charge in [-0.1, -0.05) is 0 Å². The largest absolute Gasteiger partial charge is 0.456 e. The van der Waals surface area contributed by atoms with Crippen LogP contribution < -0.4 is 5.73 Å². The molecule has 1 heterocycles. The topological polar surface area (TPSA) is 39.2 Å². The van der Waals surface area contributed by atoms with E-state index >= 15 is 0 Å². The molecule has 1 saturated carbocycles. The summed E-state index contributed by atoms with van der Waals surface area (Å²) < 4.78 is 40.8. The van der Waals surface area contributed by atoms with Crippen molar-refractivity contribution in [3.63, 3.8) is 0 Å². The van der Waals surface area contributed by atoms with Crippen molar-refractivity contribution in [2.45, 2.75) is 24.6 Å². The van der Waals surface area contributed by atoms with Crippen LogP contribution in [0.5, 0.6) is 0 Å². The van der Waals surface area contributed by atoms with E-state index in [1.165, 1.54) is 6.07 Å². The summed E-state index contributed by atoms with van der Waals surface area (Å²) in [6, 6.07) is 2.26. The molecule has 5 heteroatoms. The number of hydrogen-bond donors (Lipinski definition) is 1. The number of rotatable bonds is 1. The molecule has 1 aliphatic rings. The van der Waals surface area contributed by atoms with Crippen LogP contribution in [0.15, 0.2) is 16.5 Å². The average Bonchev–Trinajstić information content (AvgIpc) is 2.57. The maximum atomic E-state index is 12.1. The van der Waals surface area contributed by atoms with Crippen molar-refractivity contribution in [2.75, 3.05) is 0 Å². The lowest BCUT2D eigenvalue weighted by Gasteiger charge is -2.00. The molecular weight excluding hydrogens is 183 g/mol. The lowest BCUT2D eigenvalue weighted by molar-refractivity contribution is -0.153. The second-order valence-electron chi connectivity index (χ2n) is 3.21. The molecule has 0 unspecified atom stereocenters. The highest BCUT2D eigenvalue weighted by molar-refractivity contribution is 5.21. The van der Waals surface area contributed by atoms with E-state index in [4.69, 9.17) is 5.73 Å². The lowest BCUT2D eigenvalue weighted by atomic mass is 10.3. The van der Waals surface area contributed by atoms with Crippen LogP contribution in [0.4, 0.5) is 13.2 Å². The van der Waals surface area contributed by atoms with E-state index < -0.39 is 11.9 Å². The molecule has 1 aromatic rings. The fourth-order valence-corrected chi connectivity index (χ4v) is 1.25. The van der Waals surface area contributed by atoms with E-state index in [-0.39, 0.29) is 12.0 Å². The van der Waals surface area contributed by atoms with Crippen molar-refractivity contribution in [3.05, 3.63) is 23.7 Å². The van der Waals surface area contributed by atoms with Crippen molar-refractivity contribution < 1.29 is 17.6 Å². The van der Waals surface area contributed by atoms with E-state index in [9.17, 15) is 13.2 Å². The maximum absolute atomic E-state index is 12.1. The SMILES string of the molecule is N[C@@H]1C[C@H]1c1ccc(C(F)(F)F)o1. The Kier molecular flexibility index (Phi) is 1.66. The van der Waals surface area contributed by atoms with E-state index in [2.05, 4.69) is 4.42 Å². The van der Waals surface area contributed by atoms with Gasteiger partial charge in [-0.2, -0.15) is 13.2 Å². The van der Waals surface area contributed by atoms with E-state index in [1.807, 2.05) is 0 Å². The molecule has 0 aliphatic heterocycles. The van der Waals surface area contributed by atoms with Crippen molar-refractivity contribution >= 4 is 0 Å². The number of furan rings is 1. The highest BCUT2D eigenvalue weighted by Crippen LogP contribution is 2.41. The van der Waals surface area contributed by atoms with Gasteiger partial charge in [0.1, 0.15) is 5.76 Å². The van der Waals surface area contributed by atoms with Gasteiger partial charge < -0.3 is 10.2 Å². The Labute approximate surface area is 72.5 Å². The normalized spacial score (nSPS) is 27.7. The third kappa shape index (κ3) is 1.56. The van der Waals surface area contributed by atoms with Crippen molar-refractivity contribution in [1.82, 2.24) is 0 Å². The van der Waals surface area contributed by atoms with Gasteiger partial charge in [0.25, 0.3) is 0 Å². The van der Waals surface area contributed by atoms with Crippen LogP contribution in [0.2, 0.25) is 0 Å². The Bertz CT molecular complexity index is 317. The number of hydrogen-bond acceptors (Lipinski definition) is 2. The number of alkyl halides is 3. The Hall–Kier alpha value is -0.970. The van der Waals surface area contributed by atoms with Gasteiger partial charge in [0.05, 0.1) is 0 Å². The molecule has 72 valence electrons. The average molecular weight is 191 g/mol. The fraction of sp³-hybridized carbons (Fsp3) is 0.500. The van der Waals surface area contributed by atoms with Gasteiger partial charge in [-0.15, -0.1) is 0 Å². The molecule has 0 amide bonds. The summed E-state index contributed by atoms with van der Waals surface area (Å²) in [5, 5.41) is 0. The molecular formula is C8H8F3NO. The van der Waals surface area contributed by atoms with Crippen LogP contribution in [0.25, 0.3) is 0 Å². The molecule has 2 atom stereocenters. The summed E-state index contributed by atoms with van der Waals surface area (Å²) in [5.74, 6) is -0.613. The second kappa shape index (κ2) is 2.51. The van der Waals surface area contributed by atoms with Crippen LogP contribution in [0.1, 0.15) is 23.9 Å². The van der Waals surface area contributed by atoms with E-state index in [0.717, 1.165) is 6.07 Å². The molecule has 0 saturated heterocycles. The predicted molar refractivity (Wildman–Crippen MR) is 39.0 cm³/mol. The molecule has 1 fully saturated rings. The molecule has 1 aliphatic carbocycles. The minimum Gasteiger partial charge on any atom is -0.456 e. The summed E-state index contributed by atoms with van der Waals surface area (Å²) in [4.78, 5) is 0. The van der Waals surface area contributed by atoms with Crippen LogP contribution >= 0.6 is 0 Å². The predicted octanol–water partition coefficient (Wildman–Crippen LogP) is 2.11. The second-order valence-corrected chi connectivity index (χ2v) is 3.21. The first kappa shape index (κ1) is 8.62. The zero-order valence-corrected chi connectivity index (χ0v) is 6.64. The quantitative estimate of drug-likeness (QED) is 0.738. The molecule has 2 nitrogen and oxygen atoms in total. The van der Waals surface area contributed by atoms with Gasteiger partial charge in [0, 0.05) is 12.0 Å². The summed E-state index contributed by atoms with van der Waals surface area (Å²) in [6.45, 7) is 0. The van der Waals surface area contributed by atoms with Gasteiger partial charge in [-0.25, -0.2) is 0 Å². The highest BCUT2D eigenvalue weighted by Gasteiger charge is 2.40. The van der Waals surface area contributed by atoms with Crippen molar-refractivity contribution in [1.29, 1.82) is 0 Å². The van der Waals surface area contributed by atoms with Gasteiger partial charge in [0.2, 0.25) is 5.76 Å². The summed E-state index contributed by atoms with van der Waals surface area (Å²) in [7, 11) is 0. The Morgan fingerprint density at radius 2 is 2.00 bits per heavy atom. The van der Waals surface area contributed by atoms with Gasteiger partial charge in [-0.05, 0) is 18.6 Å². The number of halogens is 3. The molecule has 2 rings (SSSR count). The van der Waals surface area contributed by atoms with Crippen molar-refractivity contribution in [3.8, 4) is 0 Å². The summed E-state index contributed by atoms with van der Waals surface area (Å²) in [6.07, 6.45) is -3.68. The van der Waals surface area contributed by atoms with Crippen LogP contribution in [-0.4, -0.2) is 6.04 Å². The fourth-order valence-electron chi connectivity index (χ4n) is 1.25. The van der Waals surface area contributed by atoms with Gasteiger partial charge in [0.15, 0.2) is 0 Å². The smallest absolute Gasteiger partial charge is 0.449 e. The molecule has 2 N–H and O–H groups in total. The van der Waals surface area contributed by atoms with Gasteiger partial charge >= 0.3 is 6.18 Å². The highest BCUT2D eigenvalue weighted by atomic mass is 19.4. The van der Waals surface area contributed by atoms with E-state index in [1.54, 1.807) is 0 Å². The summed E-state index contributed by atoms with van der Waals surface area (Å²) >= 11 is 0. The van der Waals surface area contributed by atoms with E-state index in [0.29, 0.717) is 12.2 Å². The van der Waals surface area contributed by atoms with Crippen molar-refractivity contribution in [2.24, 2.45) is 5.73 Å². The zero-order valence-electron chi connectivity index (χ0n) is 6.64. The Morgan fingerprint density at radius 3 is 2.38 bits per heavy atom. The first-order valence-electron chi connectivity index (χ1n) is 3.91.